The maximum atomic E-state index is 5.74. The Bertz CT molecular complexity index is 409. The zero-order chi connectivity index (χ0) is 14.6. The highest BCUT2D eigenvalue weighted by atomic mass is 15.2. The molecule has 0 aliphatic carbocycles. The lowest BCUT2D eigenvalue weighted by Gasteiger charge is -2.27. The van der Waals surface area contributed by atoms with Crippen LogP contribution in [-0.2, 0) is 0 Å². The predicted octanol–water partition coefficient (Wildman–Crippen LogP) is 2.03. The van der Waals surface area contributed by atoms with Gasteiger partial charge in [-0.2, -0.15) is 0 Å². The summed E-state index contributed by atoms with van der Waals surface area (Å²) in [7, 11) is 2.06. The highest BCUT2D eigenvalue weighted by Gasteiger charge is 2.15. The van der Waals surface area contributed by atoms with Gasteiger partial charge in [-0.25, -0.2) is 9.97 Å². The Balaban J connectivity index is 2.83. The lowest BCUT2D eigenvalue weighted by molar-refractivity contribution is 0.417. The molecule has 0 saturated heterocycles. The van der Waals surface area contributed by atoms with Crippen LogP contribution >= 0.6 is 0 Å². The van der Waals surface area contributed by atoms with Crippen LogP contribution in [0.15, 0.2) is 6.07 Å². The fraction of sp³-hybridized carbons (Fsp3) is 0.714. The van der Waals surface area contributed by atoms with E-state index in [1.54, 1.807) is 0 Å². The smallest absolute Gasteiger partial charge is 0.134 e. The molecule has 0 amide bonds. The average molecular weight is 265 g/mol. The predicted molar refractivity (Wildman–Crippen MR) is 81.6 cm³/mol. The van der Waals surface area contributed by atoms with Gasteiger partial charge in [0, 0.05) is 32.2 Å². The van der Waals surface area contributed by atoms with Gasteiger partial charge < -0.3 is 16.0 Å². The molecule has 19 heavy (non-hydrogen) atoms. The third kappa shape index (κ3) is 5.87. The normalized spacial score (nSPS) is 13.2. The lowest BCUT2D eigenvalue weighted by Crippen LogP contribution is -2.30. The summed E-state index contributed by atoms with van der Waals surface area (Å²) in [5.74, 6) is 2.54. The first-order valence-electron chi connectivity index (χ1n) is 6.73. The molecular weight excluding hydrogens is 238 g/mol. The molecule has 0 bridgehead atoms. The maximum absolute atomic E-state index is 5.74. The van der Waals surface area contributed by atoms with E-state index in [2.05, 4.69) is 48.0 Å². The fourth-order valence-corrected chi connectivity index (χ4v) is 1.90. The van der Waals surface area contributed by atoms with Gasteiger partial charge in [-0.05, 0) is 19.3 Å². The summed E-state index contributed by atoms with van der Waals surface area (Å²) in [6.07, 6.45) is 0. The first kappa shape index (κ1) is 15.7. The summed E-state index contributed by atoms with van der Waals surface area (Å²) >= 11 is 0. The van der Waals surface area contributed by atoms with Crippen molar-refractivity contribution in [1.29, 1.82) is 0 Å². The van der Waals surface area contributed by atoms with E-state index >= 15 is 0 Å². The zero-order valence-electron chi connectivity index (χ0n) is 13.0. The van der Waals surface area contributed by atoms with Crippen molar-refractivity contribution in [3.63, 3.8) is 0 Å². The van der Waals surface area contributed by atoms with Crippen molar-refractivity contribution in [3.05, 3.63) is 11.9 Å². The first-order valence-corrected chi connectivity index (χ1v) is 6.73. The third-order valence-electron chi connectivity index (χ3n) is 2.53. The molecule has 1 unspecified atom stereocenters. The number of nitrogens with two attached hydrogens (primary N) is 1. The van der Waals surface area contributed by atoms with Gasteiger partial charge in [0.05, 0.1) is 0 Å². The fourth-order valence-electron chi connectivity index (χ4n) is 1.90. The Morgan fingerprint density at radius 2 is 2.00 bits per heavy atom. The third-order valence-corrected chi connectivity index (χ3v) is 2.53. The Hall–Kier alpha value is -1.36. The Morgan fingerprint density at radius 3 is 2.53 bits per heavy atom. The summed E-state index contributed by atoms with van der Waals surface area (Å²) in [5, 5.41) is 3.24. The minimum atomic E-state index is 0.103. The molecule has 0 aliphatic heterocycles. The second-order valence-electron chi connectivity index (χ2n) is 6.43. The number of anilines is 2. The molecule has 108 valence electrons. The van der Waals surface area contributed by atoms with Gasteiger partial charge in [0.25, 0.3) is 0 Å². The van der Waals surface area contributed by atoms with E-state index in [-0.39, 0.29) is 11.5 Å². The van der Waals surface area contributed by atoms with Crippen molar-refractivity contribution < 1.29 is 0 Å². The van der Waals surface area contributed by atoms with Gasteiger partial charge in [-0.3, -0.25) is 0 Å². The summed E-state index contributed by atoms with van der Waals surface area (Å²) in [6.45, 7) is 12.2. The molecule has 0 saturated carbocycles. The van der Waals surface area contributed by atoms with Crippen LogP contribution in [0, 0.1) is 12.3 Å². The summed E-state index contributed by atoms with van der Waals surface area (Å²) < 4.78 is 0. The van der Waals surface area contributed by atoms with Gasteiger partial charge in [0.15, 0.2) is 0 Å². The number of hydrogen-bond acceptors (Lipinski definition) is 5. The van der Waals surface area contributed by atoms with Crippen molar-refractivity contribution in [3.8, 4) is 0 Å². The van der Waals surface area contributed by atoms with Gasteiger partial charge in [-0.1, -0.05) is 20.8 Å². The monoisotopic (exact) mass is 265 g/mol. The van der Waals surface area contributed by atoms with Gasteiger partial charge in [0.1, 0.15) is 17.5 Å². The Kier molecular flexibility index (Phi) is 5.11. The number of nitrogens with one attached hydrogen (secondary N) is 1. The SMILES string of the molecule is Cc1nc(NCC(C)N)cc(N(C)CC(C)(C)C)n1. The minimum Gasteiger partial charge on any atom is -0.368 e. The number of nitrogens with zero attached hydrogens (tertiary/aromatic N) is 3. The lowest BCUT2D eigenvalue weighted by atomic mass is 9.96. The molecule has 1 atom stereocenters. The quantitative estimate of drug-likeness (QED) is 0.852. The molecule has 3 N–H and O–H groups in total. The van der Waals surface area contributed by atoms with Crippen molar-refractivity contribution in [2.75, 3.05) is 30.4 Å². The van der Waals surface area contributed by atoms with E-state index in [1.165, 1.54) is 0 Å². The molecule has 0 aliphatic rings. The van der Waals surface area contributed by atoms with Crippen LogP contribution in [0.1, 0.15) is 33.5 Å². The Labute approximate surface area is 116 Å². The number of hydrogen-bond donors (Lipinski definition) is 2. The minimum absolute atomic E-state index is 0.103. The Morgan fingerprint density at radius 1 is 1.37 bits per heavy atom. The molecule has 5 nitrogen and oxygen atoms in total. The van der Waals surface area contributed by atoms with Crippen molar-refractivity contribution in [2.24, 2.45) is 11.1 Å². The van der Waals surface area contributed by atoms with Gasteiger partial charge in [-0.15, -0.1) is 0 Å². The summed E-state index contributed by atoms with van der Waals surface area (Å²) in [6, 6.07) is 2.08. The molecule has 5 heteroatoms. The second kappa shape index (κ2) is 6.19. The maximum Gasteiger partial charge on any atom is 0.134 e. The van der Waals surface area contributed by atoms with Crippen LogP contribution in [0.2, 0.25) is 0 Å². The van der Waals surface area contributed by atoms with Gasteiger partial charge in [0.2, 0.25) is 0 Å². The summed E-state index contributed by atoms with van der Waals surface area (Å²) in [5.41, 5.74) is 5.97. The second-order valence-corrected chi connectivity index (χ2v) is 6.43. The van der Waals surface area contributed by atoms with Crippen molar-refractivity contribution in [2.45, 2.75) is 40.7 Å². The molecular formula is C14H27N5. The molecule has 1 rings (SSSR count). The van der Waals surface area contributed by atoms with Crippen LogP contribution in [-0.4, -0.2) is 36.1 Å². The average Bonchev–Trinajstić information content (AvgIpc) is 2.23. The molecule has 0 spiro atoms. The van der Waals surface area contributed by atoms with Crippen molar-refractivity contribution >= 4 is 11.6 Å². The van der Waals surface area contributed by atoms with E-state index < -0.39 is 0 Å². The number of rotatable bonds is 5. The summed E-state index contributed by atoms with van der Waals surface area (Å²) in [4.78, 5) is 11.0. The first-order chi connectivity index (χ1) is 8.67. The van der Waals surface area contributed by atoms with Crippen LogP contribution in [0.4, 0.5) is 11.6 Å². The van der Waals surface area contributed by atoms with E-state index in [9.17, 15) is 0 Å². The van der Waals surface area contributed by atoms with Crippen LogP contribution in [0.25, 0.3) is 0 Å². The highest BCUT2D eigenvalue weighted by Crippen LogP contribution is 2.20. The van der Waals surface area contributed by atoms with Crippen LogP contribution in [0.3, 0.4) is 0 Å². The topological polar surface area (TPSA) is 67.1 Å². The molecule has 1 aromatic heterocycles. The standard InChI is InChI=1S/C14H27N5/c1-10(15)8-16-12-7-13(18-11(2)17-12)19(6)9-14(3,4)5/h7,10H,8-9,15H2,1-6H3,(H,16,17,18). The van der Waals surface area contributed by atoms with Gasteiger partial charge >= 0.3 is 0 Å². The number of aromatic nitrogens is 2. The molecule has 1 heterocycles. The zero-order valence-corrected chi connectivity index (χ0v) is 13.0. The van der Waals surface area contributed by atoms with E-state index in [4.69, 9.17) is 5.73 Å². The van der Waals surface area contributed by atoms with E-state index in [0.717, 1.165) is 24.0 Å². The highest BCUT2D eigenvalue weighted by molar-refractivity contribution is 5.49. The molecule has 0 fully saturated rings. The van der Waals surface area contributed by atoms with Crippen molar-refractivity contribution in [1.82, 2.24) is 9.97 Å². The number of aryl methyl sites for hydroxylation is 1. The van der Waals surface area contributed by atoms with Crippen LogP contribution < -0.4 is 16.0 Å². The van der Waals surface area contributed by atoms with Crippen LogP contribution in [0.5, 0.6) is 0 Å². The molecule has 1 aromatic rings. The molecule has 0 aromatic carbocycles. The molecule has 0 radical (unpaired) electrons. The van der Waals surface area contributed by atoms with E-state index in [0.29, 0.717) is 6.54 Å². The largest absolute Gasteiger partial charge is 0.368 e. The van der Waals surface area contributed by atoms with E-state index in [1.807, 2.05) is 19.9 Å².